The summed E-state index contributed by atoms with van der Waals surface area (Å²) in [6.07, 6.45) is 0. The summed E-state index contributed by atoms with van der Waals surface area (Å²) in [5.41, 5.74) is 0. The summed E-state index contributed by atoms with van der Waals surface area (Å²) in [5.74, 6) is 0. The van der Waals surface area contributed by atoms with Crippen LogP contribution in [-0.4, -0.2) is 35.2 Å². The van der Waals surface area contributed by atoms with Gasteiger partial charge < -0.3 is 9.86 Å². The molecule has 0 aromatic heterocycles. The van der Waals surface area contributed by atoms with Crippen molar-refractivity contribution in [2.45, 2.75) is 0 Å². The molecule has 0 saturated heterocycles. The van der Waals surface area contributed by atoms with E-state index < -0.39 is 0 Å². The summed E-state index contributed by atoms with van der Waals surface area (Å²) in [7, 11) is 6.94. The van der Waals surface area contributed by atoms with Gasteiger partial charge in [-0.15, -0.1) is 0 Å². The first-order valence-corrected chi connectivity index (χ1v) is 2.06. The standard InChI is InChI=1S/CH9B3N2/c1-5-4-6(2)3/h4-5H,2-3H2,1H3. The van der Waals surface area contributed by atoms with Gasteiger partial charge in [-0.1, -0.05) is 0 Å². The van der Waals surface area contributed by atoms with Crippen LogP contribution in [0.2, 0.25) is 0 Å². The maximum atomic E-state index is 2.99. The number of nitrogens with one attached hydrogen (secondary N) is 1. The zero-order chi connectivity index (χ0) is 4.99. The third kappa shape index (κ3) is 4.11. The van der Waals surface area contributed by atoms with E-state index in [0.717, 1.165) is 7.55 Å². The Kier molecular flexibility index (Phi) is 3.37. The number of rotatable bonds is 2. The fraction of sp³-hybridized carbons (Fsp3) is 1.00. The van der Waals surface area contributed by atoms with Crippen molar-refractivity contribution in [2.75, 3.05) is 7.05 Å². The van der Waals surface area contributed by atoms with E-state index in [4.69, 9.17) is 0 Å². The average molecular weight is 81.5 g/mol. The lowest BCUT2D eigenvalue weighted by Gasteiger charge is -2.03. The molecule has 0 unspecified atom stereocenters. The maximum absolute atomic E-state index is 2.99. The second-order valence-corrected chi connectivity index (χ2v) is 1.59. The van der Waals surface area contributed by atoms with Crippen molar-refractivity contribution in [1.29, 1.82) is 0 Å². The Morgan fingerprint density at radius 1 is 1.67 bits per heavy atom. The molecule has 0 fully saturated rings. The van der Waals surface area contributed by atoms with Crippen molar-refractivity contribution >= 4 is 23.5 Å². The molecule has 0 spiro atoms. The predicted octanol–water partition coefficient (Wildman–Crippen LogP) is -3.13. The van der Waals surface area contributed by atoms with E-state index in [1.165, 1.54) is 0 Å². The highest BCUT2D eigenvalue weighted by atomic mass is 14.9. The Morgan fingerprint density at radius 3 is 2.17 bits per heavy atom. The quantitative estimate of drug-likeness (QED) is 0.354. The molecule has 0 aromatic rings. The van der Waals surface area contributed by atoms with Crippen LogP contribution in [0, 0.1) is 0 Å². The van der Waals surface area contributed by atoms with Gasteiger partial charge in [-0.05, 0) is 7.05 Å². The molecule has 2 nitrogen and oxygen atoms in total. The zero-order valence-corrected chi connectivity index (χ0v) is 4.65. The van der Waals surface area contributed by atoms with E-state index in [0.29, 0.717) is 0 Å². The lowest BCUT2D eigenvalue weighted by atomic mass is 9.95. The summed E-state index contributed by atoms with van der Waals surface area (Å²) in [5, 5.41) is 2.99. The Bertz CT molecular complexity index is 30.0. The number of hydrogen-bond donors (Lipinski definition) is 1. The van der Waals surface area contributed by atoms with Crippen LogP contribution in [-0.2, 0) is 0 Å². The lowest BCUT2D eigenvalue weighted by Crippen LogP contribution is -2.31. The van der Waals surface area contributed by atoms with E-state index in [2.05, 4.69) is 9.86 Å². The van der Waals surface area contributed by atoms with Crippen LogP contribution >= 0.6 is 0 Å². The fourth-order valence-electron chi connectivity index (χ4n) is 0.316. The maximum Gasteiger partial charge on any atom is 0.265 e. The van der Waals surface area contributed by atoms with Crippen molar-refractivity contribution < 1.29 is 0 Å². The van der Waals surface area contributed by atoms with E-state index in [1.54, 1.807) is 0 Å². The minimum atomic E-state index is 0.958. The smallest absolute Gasteiger partial charge is 0.265 e. The fourth-order valence-corrected chi connectivity index (χ4v) is 0.316. The van der Waals surface area contributed by atoms with Crippen molar-refractivity contribution in [2.24, 2.45) is 0 Å². The van der Waals surface area contributed by atoms with Gasteiger partial charge >= 0.3 is 0 Å². The van der Waals surface area contributed by atoms with Gasteiger partial charge in [-0.3, -0.25) is 0 Å². The summed E-state index contributed by atoms with van der Waals surface area (Å²) in [6, 6.07) is 0. The van der Waals surface area contributed by atoms with Gasteiger partial charge in [0.2, 0.25) is 0 Å². The highest BCUT2D eigenvalue weighted by molar-refractivity contribution is 6.50. The van der Waals surface area contributed by atoms with Crippen LogP contribution in [0.1, 0.15) is 0 Å². The topological polar surface area (TPSA) is 15.3 Å². The van der Waals surface area contributed by atoms with Crippen molar-refractivity contribution in [3.05, 3.63) is 0 Å². The monoisotopic (exact) mass is 82.1 g/mol. The molecule has 0 aromatic carbocycles. The Balaban J connectivity index is 2.63. The summed E-state index contributed by atoms with van der Waals surface area (Å²) >= 11 is 0. The normalized spacial score (nSPS) is 9.00. The molecular formula is CH9B3N2. The molecular weight excluding hydrogens is 72.5 g/mol. The zero-order valence-electron chi connectivity index (χ0n) is 4.65. The van der Waals surface area contributed by atoms with Gasteiger partial charge in [0.25, 0.3) is 7.55 Å². The van der Waals surface area contributed by atoms with E-state index in [1.807, 2.05) is 23.0 Å². The van der Waals surface area contributed by atoms with Crippen molar-refractivity contribution in [1.82, 2.24) is 9.86 Å². The van der Waals surface area contributed by atoms with E-state index >= 15 is 0 Å². The molecule has 0 aliphatic heterocycles. The highest BCUT2D eigenvalue weighted by Crippen LogP contribution is 1.52. The number of hydrogen-bond acceptors (Lipinski definition) is 2. The minimum absolute atomic E-state index is 0.958. The third-order valence-electron chi connectivity index (χ3n) is 0.474. The van der Waals surface area contributed by atoms with Gasteiger partial charge in [0, 0.05) is 0 Å². The summed E-state index contributed by atoms with van der Waals surface area (Å²) in [4.78, 5) is 0. The van der Waals surface area contributed by atoms with Crippen LogP contribution in [0.4, 0.5) is 0 Å². The Hall–Kier alpha value is 0.115. The first kappa shape index (κ1) is 6.11. The molecule has 6 heavy (non-hydrogen) atoms. The lowest BCUT2D eigenvalue weighted by molar-refractivity contribution is 1.06. The van der Waals surface area contributed by atoms with Crippen LogP contribution in [0.15, 0.2) is 0 Å². The predicted molar refractivity (Wildman–Crippen MR) is 35.1 cm³/mol. The van der Waals surface area contributed by atoms with E-state index in [-0.39, 0.29) is 0 Å². The first-order chi connectivity index (χ1) is 2.77. The first-order valence-electron chi connectivity index (χ1n) is 2.06. The molecule has 0 amide bonds. The van der Waals surface area contributed by atoms with Crippen molar-refractivity contribution in [3.8, 4) is 0 Å². The van der Waals surface area contributed by atoms with E-state index in [9.17, 15) is 0 Å². The van der Waals surface area contributed by atoms with Gasteiger partial charge in [-0.2, -0.15) is 0 Å². The highest BCUT2D eigenvalue weighted by Gasteiger charge is 1.83. The third-order valence-corrected chi connectivity index (χ3v) is 0.474. The van der Waals surface area contributed by atoms with Gasteiger partial charge in [0.1, 0.15) is 0 Å². The average Bonchev–Trinajstić information content (AvgIpc) is 1.35. The minimum Gasteiger partial charge on any atom is -0.428 e. The van der Waals surface area contributed by atoms with Crippen LogP contribution in [0.5, 0.6) is 0 Å². The molecule has 0 bridgehead atoms. The second kappa shape index (κ2) is 3.31. The second-order valence-electron chi connectivity index (χ2n) is 1.59. The Labute approximate surface area is 41.4 Å². The molecule has 0 rings (SSSR count). The van der Waals surface area contributed by atoms with Gasteiger partial charge in [-0.25, -0.2) is 0 Å². The van der Waals surface area contributed by atoms with Gasteiger partial charge in [0.15, 0.2) is 16.0 Å². The van der Waals surface area contributed by atoms with Gasteiger partial charge in [0.05, 0.1) is 0 Å². The summed E-state index contributed by atoms with van der Waals surface area (Å²) in [6.45, 7) is 0. The molecule has 32 valence electrons. The SMILES string of the molecule is BN(B)BNC. The molecule has 0 aliphatic rings. The molecule has 0 saturated carbocycles. The molecule has 5 heteroatoms. The molecule has 0 radical (unpaired) electrons. The largest absolute Gasteiger partial charge is 0.428 e. The number of nitrogens with zero attached hydrogens (tertiary/aromatic N) is 1. The van der Waals surface area contributed by atoms with Crippen LogP contribution in [0.25, 0.3) is 0 Å². The molecule has 1 N–H and O–H groups in total. The molecule has 0 aliphatic carbocycles. The summed E-state index contributed by atoms with van der Waals surface area (Å²) < 4.78 is 2.07. The molecule has 0 atom stereocenters. The van der Waals surface area contributed by atoms with Crippen LogP contribution < -0.4 is 5.23 Å². The Morgan fingerprint density at radius 2 is 2.17 bits per heavy atom. The molecule has 0 heterocycles. The van der Waals surface area contributed by atoms with Crippen molar-refractivity contribution in [3.63, 3.8) is 0 Å². The van der Waals surface area contributed by atoms with Crippen LogP contribution in [0.3, 0.4) is 0 Å².